The quantitative estimate of drug-likeness (QED) is 0.572. The summed E-state index contributed by atoms with van der Waals surface area (Å²) in [6, 6.07) is 1.38. The molecule has 3 nitrogen and oxygen atoms in total. The molecule has 0 unspecified atom stereocenters. The molecule has 0 fully saturated rings. The van der Waals surface area contributed by atoms with Crippen molar-refractivity contribution in [2.75, 3.05) is 0 Å². The van der Waals surface area contributed by atoms with Crippen molar-refractivity contribution in [3.8, 4) is 0 Å². The molecule has 9 heavy (non-hydrogen) atoms. The minimum Gasteiger partial charge on any atom is -0.265 e. The van der Waals surface area contributed by atoms with Crippen molar-refractivity contribution in [2.24, 2.45) is 0 Å². The number of halogens is 2. The van der Waals surface area contributed by atoms with Gasteiger partial charge in [-0.05, 0) is 6.07 Å². The van der Waals surface area contributed by atoms with Gasteiger partial charge < -0.3 is 0 Å². The summed E-state index contributed by atoms with van der Waals surface area (Å²) < 4.78 is 0.655. The van der Waals surface area contributed by atoms with Crippen molar-refractivity contribution in [3.63, 3.8) is 0 Å². The topological polar surface area (TPSA) is 34.9 Å². The third-order valence-corrected chi connectivity index (χ3v) is 1.29. The Morgan fingerprint density at radius 1 is 1.67 bits per heavy atom. The fourth-order valence-electron chi connectivity index (χ4n) is 0.369. The molecular formula is C4H2Cl2N2O. The van der Waals surface area contributed by atoms with Gasteiger partial charge >= 0.3 is 5.56 Å². The Balaban J connectivity index is 3.43. The normalized spacial score (nSPS) is 9.56. The molecule has 0 aromatic carbocycles. The molecule has 0 N–H and O–H groups in total. The van der Waals surface area contributed by atoms with Gasteiger partial charge in [-0.1, -0.05) is 11.6 Å². The molecule has 1 heterocycles. The van der Waals surface area contributed by atoms with Gasteiger partial charge in [-0.2, -0.15) is 5.10 Å². The van der Waals surface area contributed by atoms with Gasteiger partial charge in [-0.15, -0.1) is 4.20 Å². The second kappa shape index (κ2) is 2.37. The van der Waals surface area contributed by atoms with Gasteiger partial charge in [0.15, 0.2) is 0 Å². The fraction of sp³-hybridized carbons (Fsp3) is 0. The second-order valence-electron chi connectivity index (χ2n) is 1.34. The van der Waals surface area contributed by atoms with Crippen LogP contribution in [0, 0.1) is 0 Å². The predicted octanol–water partition coefficient (Wildman–Crippen LogP) is 0.899. The third-order valence-electron chi connectivity index (χ3n) is 0.761. The molecule has 0 saturated carbocycles. The molecule has 0 amide bonds. The SMILES string of the molecule is O=c1c(Cl)ccnn1Cl. The standard InChI is InChI=1S/C4H2Cl2N2O/c5-3-1-2-7-8(6)4(3)9/h1-2H. The Hall–Kier alpha value is -0.540. The minimum atomic E-state index is -0.499. The largest absolute Gasteiger partial charge is 0.300 e. The van der Waals surface area contributed by atoms with E-state index in [-0.39, 0.29) is 5.02 Å². The molecular weight excluding hydrogens is 163 g/mol. The van der Waals surface area contributed by atoms with Gasteiger partial charge in [-0.25, -0.2) is 0 Å². The van der Waals surface area contributed by atoms with Crippen molar-refractivity contribution >= 4 is 23.4 Å². The first-order valence-electron chi connectivity index (χ1n) is 2.12. The van der Waals surface area contributed by atoms with Gasteiger partial charge in [0.1, 0.15) is 5.02 Å². The van der Waals surface area contributed by atoms with E-state index < -0.39 is 5.56 Å². The van der Waals surface area contributed by atoms with Gasteiger partial charge in [0.2, 0.25) is 0 Å². The molecule has 1 rings (SSSR count). The summed E-state index contributed by atoms with van der Waals surface area (Å²) in [4.78, 5) is 10.6. The molecule has 48 valence electrons. The summed E-state index contributed by atoms with van der Waals surface area (Å²) in [5.41, 5.74) is -0.499. The first kappa shape index (κ1) is 6.58. The highest BCUT2D eigenvalue weighted by Crippen LogP contribution is 1.96. The van der Waals surface area contributed by atoms with Crippen LogP contribution in [0.25, 0.3) is 0 Å². The van der Waals surface area contributed by atoms with Gasteiger partial charge in [0, 0.05) is 11.8 Å². The van der Waals surface area contributed by atoms with Crippen LogP contribution in [0.4, 0.5) is 0 Å². The Labute approximate surface area is 60.9 Å². The molecule has 1 aromatic heterocycles. The zero-order valence-electron chi connectivity index (χ0n) is 4.21. The van der Waals surface area contributed by atoms with Crippen LogP contribution in [0.15, 0.2) is 17.1 Å². The maximum Gasteiger partial charge on any atom is 0.300 e. The van der Waals surface area contributed by atoms with Crippen molar-refractivity contribution in [1.82, 2.24) is 9.30 Å². The molecule has 5 heteroatoms. The maximum absolute atomic E-state index is 10.6. The molecule has 1 aromatic rings. The van der Waals surface area contributed by atoms with Crippen LogP contribution in [-0.4, -0.2) is 9.30 Å². The zero-order valence-corrected chi connectivity index (χ0v) is 5.73. The molecule has 0 saturated heterocycles. The van der Waals surface area contributed by atoms with E-state index in [1.807, 2.05) is 0 Å². The van der Waals surface area contributed by atoms with Crippen molar-refractivity contribution in [1.29, 1.82) is 0 Å². The van der Waals surface area contributed by atoms with Crippen LogP contribution in [0.5, 0.6) is 0 Å². The number of rotatable bonds is 0. The molecule has 0 bridgehead atoms. The Morgan fingerprint density at radius 2 is 2.33 bits per heavy atom. The molecule has 0 aliphatic rings. The summed E-state index contributed by atoms with van der Waals surface area (Å²) in [6.07, 6.45) is 1.34. The predicted molar refractivity (Wildman–Crippen MR) is 34.8 cm³/mol. The van der Waals surface area contributed by atoms with E-state index in [1.165, 1.54) is 12.3 Å². The van der Waals surface area contributed by atoms with Crippen LogP contribution in [0.3, 0.4) is 0 Å². The minimum absolute atomic E-state index is 0.0694. The lowest BCUT2D eigenvalue weighted by Crippen LogP contribution is -2.14. The highest BCUT2D eigenvalue weighted by Gasteiger charge is 1.95. The van der Waals surface area contributed by atoms with Crippen molar-refractivity contribution in [3.05, 3.63) is 27.6 Å². The van der Waals surface area contributed by atoms with Crippen molar-refractivity contribution < 1.29 is 0 Å². The molecule has 0 radical (unpaired) electrons. The van der Waals surface area contributed by atoms with Gasteiger partial charge in [0.05, 0.1) is 6.20 Å². The van der Waals surface area contributed by atoms with Crippen LogP contribution in [0.1, 0.15) is 0 Å². The van der Waals surface area contributed by atoms with Crippen LogP contribution in [-0.2, 0) is 0 Å². The Kier molecular flexibility index (Phi) is 1.73. The Morgan fingerprint density at radius 3 is 2.78 bits per heavy atom. The monoisotopic (exact) mass is 164 g/mol. The van der Waals surface area contributed by atoms with E-state index in [4.69, 9.17) is 23.4 Å². The average Bonchev–Trinajstić information content (AvgIpc) is 1.83. The summed E-state index contributed by atoms with van der Waals surface area (Å²) in [5.74, 6) is 0. The van der Waals surface area contributed by atoms with E-state index in [0.29, 0.717) is 4.20 Å². The molecule has 0 spiro atoms. The number of nitrogens with zero attached hydrogens (tertiary/aromatic N) is 2. The number of aromatic nitrogens is 2. The van der Waals surface area contributed by atoms with Gasteiger partial charge in [0.25, 0.3) is 0 Å². The summed E-state index contributed by atoms with van der Waals surface area (Å²) >= 11 is 10.6. The lowest BCUT2D eigenvalue weighted by Gasteiger charge is -1.88. The molecule has 0 aliphatic heterocycles. The maximum atomic E-state index is 10.6. The fourth-order valence-corrected chi connectivity index (χ4v) is 0.690. The first-order valence-corrected chi connectivity index (χ1v) is 2.83. The van der Waals surface area contributed by atoms with Crippen molar-refractivity contribution in [2.45, 2.75) is 0 Å². The van der Waals surface area contributed by atoms with E-state index in [9.17, 15) is 4.79 Å². The summed E-state index contributed by atoms with van der Waals surface area (Å²) in [7, 11) is 0. The highest BCUT2D eigenvalue weighted by molar-refractivity contribution is 6.30. The summed E-state index contributed by atoms with van der Waals surface area (Å²) in [6.45, 7) is 0. The third kappa shape index (κ3) is 1.23. The van der Waals surface area contributed by atoms with E-state index in [0.717, 1.165) is 0 Å². The van der Waals surface area contributed by atoms with Crippen LogP contribution >= 0.6 is 23.4 Å². The van der Waals surface area contributed by atoms with E-state index in [1.54, 1.807) is 0 Å². The zero-order chi connectivity index (χ0) is 6.85. The number of hydrogen-bond acceptors (Lipinski definition) is 2. The molecule has 0 atom stereocenters. The second-order valence-corrected chi connectivity index (χ2v) is 2.07. The lowest BCUT2D eigenvalue weighted by molar-refractivity contribution is 0.903. The smallest absolute Gasteiger partial charge is 0.265 e. The van der Waals surface area contributed by atoms with E-state index in [2.05, 4.69) is 5.10 Å². The summed E-state index contributed by atoms with van der Waals surface area (Å²) in [5, 5.41) is 3.49. The number of hydrogen-bond donors (Lipinski definition) is 0. The van der Waals surface area contributed by atoms with E-state index >= 15 is 0 Å². The Bertz CT molecular complexity index is 246. The van der Waals surface area contributed by atoms with Crippen LogP contribution < -0.4 is 5.56 Å². The first-order chi connectivity index (χ1) is 4.22. The van der Waals surface area contributed by atoms with Gasteiger partial charge in [-0.3, -0.25) is 4.79 Å². The van der Waals surface area contributed by atoms with Crippen LogP contribution in [0.2, 0.25) is 5.02 Å². The molecule has 0 aliphatic carbocycles. The lowest BCUT2D eigenvalue weighted by atomic mass is 10.6. The highest BCUT2D eigenvalue weighted by atomic mass is 35.5. The average molecular weight is 165 g/mol.